The Kier molecular flexibility index (Phi) is 2.53. The molecule has 19 heavy (non-hydrogen) atoms. The second kappa shape index (κ2) is 4.25. The highest BCUT2D eigenvalue weighted by Gasteiger charge is 2.21. The number of pyridine rings is 1. The van der Waals surface area contributed by atoms with Crippen LogP contribution >= 0.6 is 22.9 Å². The fraction of sp³-hybridized carbons (Fsp3) is 0.214. The van der Waals surface area contributed by atoms with E-state index in [0.717, 1.165) is 28.8 Å². The van der Waals surface area contributed by atoms with Crippen LogP contribution in [-0.2, 0) is 12.8 Å². The number of fused-ring (bicyclic) bond motifs is 3. The monoisotopic (exact) mass is 287 g/mol. The summed E-state index contributed by atoms with van der Waals surface area (Å²) in [5, 5.41) is 1.61. The van der Waals surface area contributed by atoms with Crippen molar-refractivity contribution in [3.63, 3.8) is 0 Å². The van der Waals surface area contributed by atoms with E-state index in [1.54, 1.807) is 17.5 Å². The van der Waals surface area contributed by atoms with E-state index < -0.39 is 0 Å². The van der Waals surface area contributed by atoms with Crippen LogP contribution in [0.1, 0.15) is 16.9 Å². The Bertz CT molecular complexity index is 767. The zero-order chi connectivity index (χ0) is 12.8. The van der Waals surface area contributed by atoms with Crippen molar-refractivity contribution < 1.29 is 0 Å². The lowest BCUT2D eigenvalue weighted by atomic mass is 10.2. The van der Waals surface area contributed by atoms with Gasteiger partial charge in [-0.3, -0.25) is 4.98 Å². The molecule has 1 aliphatic rings. The Labute approximate surface area is 119 Å². The van der Waals surface area contributed by atoms with Gasteiger partial charge in [0.2, 0.25) is 0 Å². The lowest BCUT2D eigenvalue weighted by molar-refractivity contribution is 0.917. The molecule has 0 aliphatic heterocycles. The third-order valence-corrected chi connectivity index (χ3v) is 4.87. The van der Waals surface area contributed by atoms with Crippen molar-refractivity contribution in [2.24, 2.45) is 0 Å². The van der Waals surface area contributed by atoms with E-state index in [2.05, 4.69) is 15.0 Å². The van der Waals surface area contributed by atoms with E-state index in [1.807, 2.05) is 18.2 Å². The first-order valence-corrected chi connectivity index (χ1v) is 7.41. The summed E-state index contributed by atoms with van der Waals surface area (Å²) in [4.78, 5) is 15.7. The third kappa shape index (κ3) is 1.75. The van der Waals surface area contributed by atoms with Gasteiger partial charge in [0.05, 0.1) is 5.39 Å². The minimum atomic E-state index is 0.560. The van der Waals surface area contributed by atoms with E-state index in [-0.39, 0.29) is 0 Å². The number of hydrogen-bond acceptors (Lipinski definition) is 4. The predicted molar refractivity (Wildman–Crippen MR) is 77.7 cm³/mol. The Balaban J connectivity index is 1.97. The van der Waals surface area contributed by atoms with Gasteiger partial charge in [-0.2, -0.15) is 0 Å². The molecule has 3 heterocycles. The number of thiophene rings is 1. The molecule has 94 valence electrons. The van der Waals surface area contributed by atoms with Crippen LogP contribution in [0.5, 0.6) is 0 Å². The maximum absolute atomic E-state index is 6.36. The van der Waals surface area contributed by atoms with Crippen molar-refractivity contribution in [2.75, 3.05) is 0 Å². The van der Waals surface area contributed by atoms with Gasteiger partial charge in [0.25, 0.3) is 0 Å². The average Bonchev–Trinajstić information content (AvgIpc) is 2.99. The molecule has 0 amide bonds. The Morgan fingerprint density at radius 2 is 2.11 bits per heavy atom. The van der Waals surface area contributed by atoms with Crippen molar-refractivity contribution >= 4 is 33.2 Å². The van der Waals surface area contributed by atoms with Gasteiger partial charge < -0.3 is 0 Å². The van der Waals surface area contributed by atoms with E-state index in [1.165, 1.54) is 16.9 Å². The standard InChI is InChI=1S/C14H10ClN3S/c15-12-11-8-4-3-6-10(8)19-14(11)18-13(17-12)9-5-1-2-7-16-9/h1-2,5,7H,3-4,6H2. The van der Waals surface area contributed by atoms with Crippen LogP contribution in [0, 0.1) is 0 Å². The van der Waals surface area contributed by atoms with E-state index in [0.29, 0.717) is 11.0 Å². The molecule has 3 nitrogen and oxygen atoms in total. The smallest absolute Gasteiger partial charge is 0.180 e. The number of aromatic nitrogens is 3. The lowest BCUT2D eigenvalue weighted by Crippen LogP contribution is -1.92. The fourth-order valence-electron chi connectivity index (χ4n) is 2.56. The maximum Gasteiger partial charge on any atom is 0.180 e. The second-order valence-electron chi connectivity index (χ2n) is 4.59. The summed E-state index contributed by atoms with van der Waals surface area (Å²) in [5.41, 5.74) is 2.12. The SMILES string of the molecule is Clc1nc(-c2ccccn2)nc2sc3c(c12)CCC3. The normalized spacial score (nSPS) is 13.9. The van der Waals surface area contributed by atoms with Crippen LogP contribution in [-0.4, -0.2) is 15.0 Å². The van der Waals surface area contributed by atoms with Crippen LogP contribution in [0.4, 0.5) is 0 Å². The molecule has 4 rings (SSSR count). The van der Waals surface area contributed by atoms with Gasteiger partial charge in [-0.1, -0.05) is 17.7 Å². The predicted octanol–water partition coefficient (Wildman–Crippen LogP) is 3.90. The minimum absolute atomic E-state index is 0.560. The van der Waals surface area contributed by atoms with Crippen molar-refractivity contribution in [1.29, 1.82) is 0 Å². The molecule has 0 bridgehead atoms. The largest absolute Gasteiger partial charge is 0.253 e. The van der Waals surface area contributed by atoms with Crippen LogP contribution in [0.15, 0.2) is 24.4 Å². The van der Waals surface area contributed by atoms with Crippen molar-refractivity contribution in [1.82, 2.24) is 15.0 Å². The van der Waals surface area contributed by atoms with Crippen molar-refractivity contribution in [3.8, 4) is 11.5 Å². The highest BCUT2D eigenvalue weighted by molar-refractivity contribution is 7.19. The summed E-state index contributed by atoms with van der Waals surface area (Å²) >= 11 is 8.11. The van der Waals surface area contributed by atoms with E-state index in [4.69, 9.17) is 11.6 Å². The van der Waals surface area contributed by atoms with E-state index in [9.17, 15) is 0 Å². The zero-order valence-electron chi connectivity index (χ0n) is 10.1. The third-order valence-electron chi connectivity index (χ3n) is 3.41. The topological polar surface area (TPSA) is 38.7 Å². The number of rotatable bonds is 1. The second-order valence-corrected chi connectivity index (χ2v) is 6.03. The highest BCUT2D eigenvalue weighted by Crippen LogP contribution is 2.39. The first-order valence-electron chi connectivity index (χ1n) is 6.22. The summed E-state index contributed by atoms with van der Waals surface area (Å²) in [6.07, 6.45) is 5.20. The maximum atomic E-state index is 6.36. The van der Waals surface area contributed by atoms with Crippen LogP contribution in [0.3, 0.4) is 0 Å². The molecule has 0 radical (unpaired) electrons. The van der Waals surface area contributed by atoms with Gasteiger partial charge in [-0.05, 0) is 37.0 Å². The molecule has 0 saturated carbocycles. The van der Waals surface area contributed by atoms with Crippen molar-refractivity contribution in [3.05, 3.63) is 40.0 Å². The molecule has 3 aromatic heterocycles. The van der Waals surface area contributed by atoms with Crippen LogP contribution < -0.4 is 0 Å². The van der Waals surface area contributed by atoms with Gasteiger partial charge in [0.1, 0.15) is 15.7 Å². The molecule has 0 atom stereocenters. The molecule has 0 aromatic carbocycles. The minimum Gasteiger partial charge on any atom is -0.253 e. The van der Waals surface area contributed by atoms with Crippen molar-refractivity contribution in [2.45, 2.75) is 19.3 Å². The van der Waals surface area contributed by atoms with E-state index >= 15 is 0 Å². The first-order chi connectivity index (χ1) is 9.33. The molecule has 0 unspecified atom stereocenters. The number of nitrogens with zero attached hydrogens (tertiary/aromatic N) is 3. The molecule has 0 fully saturated rings. The average molecular weight is 288 g/mol. The molecular formula is C14H10ClN3S. The number of halogens is 1. The van der Waals surface area contributed by atoms with Gasteiger partial charge in [-0.25, -0.2) is 9.97 Å². The summed E-state index contributed by atoms with van der Waals surface area (Å²) in [5.74, 6) is 0.609. The molecule has 0 spiro atoms. The van der Waals surface area contributed by atoms with Gasteiger partial charge in [-0.15, -0.1) is 11.3 Å². The summed E-state index contributed by atoms with van der Waals surface area (Å²) in [6.45, 7) is 0. The molecule has 0 saturated heterocycles. The summed E-state index contributed by atoms with van der Waals surface area (Å²) in [7, 11) is 0. The highest BCUT2D eigenvalue weighted by atomic mass is 35.5. The molecule has 3 aromatic rings. The van der Waals surface area contributed by atoms with Gasteiger partial charge in [0.15, 0.2) is 5.82 Å². The lowest BCUT2D eigenvalue weighted by Gasteiger charge is -2.01. The number of hydrogen-bond donors (Lipinski definition) is 0. The Hall–Kier alpha value is -1.52. The van der Waals surface area contributed by atoms with Crippen LogP contribution in [0.25, 0.3) is 21.7 Å². The van der Waals surface area contributed by atoms with Gasteiger partial charge >= 0.3 is 0 Å². The first kappa shape index (κ1) is 11.3. The quantitative estimate of drug-likeness (QED) is 0.637. The zero-order valence-corrected chi connectivity index (χ0v) is 11.6. The molecule has 5 heteroatoms. The number of aryl methyl sites for hydroxylation is 2. The summed E-state index contributed by atoms with van der Waals surface area (Å²) in [6, 6.07) is 5.71. The van der Waals surface area contributed by atoms with Gasteiger partial charge in [0, 0.05) is 11.1 Å². The van der Waals surface area contributed by atoms with Crippen LogP contribution in [0.2, 0.25) is 5.15 Å². The Morgan fingerprint density at radius 3 is 2.95 bits per heavy atom. The fourth-order valence-corrected chi connectivity index (χ4v) is 4.16. The Morgan fingerprint density at radius 1 is 1.16 bits per heavy atom. The molecular weight excluding hydrogens is 278 g/mol. The summed E-state index contributed by atoms with van der Waals surface area (Å²) < 4.78 is 0. The molecule has 1 aliphatic carbocycles. The molecule has 0 N–H and O–H groups in total.